The molecule has 0 aliphatic heterocycles. The number of hydrogen-bond acceptors (Lipinski definition) is 4. The average molecular weight is 174 g/mol. The van der Waals surface area contributed by atoms with Gasteiger partial charge in [-0.3, -0.25) is 0 Å². The van der Waals surface area contributed by atoms with Crippen LogP contribution in [0.15, 0.2) is 35.3 Å². The molecule has 0 bridgehead atoms. The van der Waals surface area contributed by atoms with Crippen LogP contribution in [-0.2, 0) is 9.53 Å². The Morgan fingerprint density at radius 2 is 2.08 bits per heavy atom. The van der Waals surface area contributed by atoms with Crippen LogP contribution in [0.5, 0.6) is 0 Å². The van der Waals surface area contributed by atoms with E-state index >= 15 is 0 Å². The zero-order valence-corrected chi connectivity index (χ0v) is 6.68. The van der Waals surface area contributed by atoms with E-state index in [0.29, 0.717) is 5.56 Å². The molecule has 13 heavy (non-hydrogen) atoms. The lowest BCUT2D eigenvalue weighted by Crippen LogP contribution is -1.96. The molecule has 1 atom stereocenters. The molecule has 1 rings (SSSR count). The Morgan fingerprint density at radius 3 is 2.62 bits per heavy atom. The average Bonchev–Trinajstić information content (AvgIpc) is 2.19. The van der Waals surface area contributed by atoms with Gasteiger partial charge in [-0.05, 0) is 0 Å². The van der Waals surface area contributed by atoms with E-state index in [0.717, 1.165) is 0 Å². The first kappa shape index (κ1) is 8.98. The third-order valence-electron chi connectivity index (χ3n) is 1.42. The standard InChI is InChI=1S/C9H6N2O2/c10-6-13-9(11-7-12)8-4-2-1-3-5-8/h1-5,9H. The van der Waals surface area contributed by atoms with Crippen LogP contribution < -0.4 is 0 Å². The molecule has 4 nitrogen and oxygen atoms in total. The number of benzene rings is 1. The maximum atomic E-state index is 9.98. The van der Waals surface area contributed by atoms with E-state index in [1.807, 2.05) is 6.07 Å². The molecule has 0 aliphatic rings. The van der Waals surface area contributed by atoms with Crippen molar-refractivity contribution >= 4 is 6.08 Å². The Labute approximate surface area is 75.1 Å². The maximum Gasteiger partial charge on any atom is 0.288 e. The van der Waals surface area contributed by atoms with Crippen molar-refractivity contribution in [2.45, 2.75) is 6.23 Å². The van der Waals surface area contributed by atoms with Gasteiger partial charge in [0.15, 0.2) is 0 Å². The summed E-state index contributed by atoms with van der Waals surface area (Å²) in [6.45, 7) is 0. The van der Waals surface area contributed by atoms with E-state index in [1.54, 1.807) is 24.3 Å². The van der Waals surface area contributed by atoms with Gasteiger partial charge in [0.05, 0.1) is 0 Å². The fourth-order valence-corrected chi connectivity index (χ4v) is 0.884. The van der Waals surface area contributed by atoms with Crippen LogP contribution in [0.25, 0.3) is 0 Å². The molecule has 0 amide bonds. The Morgan fingerprint density at radius 1 is 1.38 bits per heavy atom. The highest BCUT2D eigenvalue weighted by atomic mass is 16.5. The molecule has 0 aliphatic carbocycles. The normalized spacial score (nSPS) is 10.7. The third kappa shape index (κ3) is 2.44. The summed E-state index contributed by atoms with van der Waals surface area (Å²) in [6.07, 6.45) is 1.96. The quantitative estimate of drug-likeness (QED) is 0.396. The molecule has 0 radical (unpaired) electrons. The predicted molar refractivity (Wildman–Crippen MR) is 44.0 cm³/mol. The Hall–Kier alpha value is -2.11. The van der Waals surface area contributed by atoms with Crippen molar-refractivity contribution in [2.24, 2.45) is 4.99 Å². The summed E-state index contributed by atoms with van der Waals surface area (Å²) in [5.41, 5.74) is 0.646. The Bertz CT molecular complexity index is 350. The van der Waals surface area contributed by atoms with Crippen molar-refractivity contribution in [3.05, 3.63) is 35.9 Å². The number of ether oxygens (including phenoxy) is 1. The predicted octanol–water partition coefficient (Wildman–Crippen LogP) is 1.52. The molecule has 0 spiro atoms. The van der Waals surface area contributed by atoms with Crippen molar-refractivity contribution in [2.75, 3.05) is 0 Å². The first-order chi connectivity index (χ1) is 6.38. The lowest BCUT2D eigenvalue weighted by molar-refractivity contribution is 0.173. The monoisotopic (exact) mass is 174 g/mol. The summed E-state index contributed by atoms with van der Waals surface area (Å²) in [5, 5.41) is 8.26. The molecule has 0 fully saturated rings. The Kier molecular flexibility index (Phi) is 3.25. The van der Waals surface area contributed by atoms with E-state index in [2.05, 4.69) is 9.73 Å². The molecule has 0 aromatic heterocycles. The number of rotatable bonds is 3. The molecule has 4 heteroatoms. The van der Waals surface area contributed by atoms with Crippen LogP contribution in [0.4, 0.5) is 0 Å². The second-order valence-electron chi connectivity index (χ2n) is 2.19. The second-order valence-corrected chi connectivity index (χ2v) is 2.19. The maximum absolute atomic E-state index is 9.98. The second kappa shape index (κ2) is 4.70. The molecule has 0 N–H and O–H groups in total. The minimum Gasteiger partial charge on any atom is -0.394 e. The van der Waals surface area contributed by atoms with Crippen molar-refractivity contribution in [3.63, 3.8) is 0 Å². The number of isocyanates is 1. The highest BCUT2D eigenvalue weighted by Gasteiger charge is 2.08. The highest BCUT2D eigenvalue weighted by Crippen LogP contribution is 2.16. The minimum atomic E-state index is -0.872. The van der Waals surface area contributed by atoms with Gasteiger partial charge in [-0.15, -0.1) is 0 Å². The van der Waals surface area contributed by atoms with Crippen molar-refractivity contribution < 1.29 is 9.53 Å². The summed E-state index contributed by atoms with van der Waals surface area (Å²) < 4.78 is 4.54. The summed E-state index contributed by atoms with van der Waals surface area (Å²) in [6, 6.07) is 8.77. The van der Waals surface area contributed by atoms with Gasteiger partial charge in [0.1, 0.15) is 0 Å². The van der Waals surface area contributed by atoms with Gasteiger partial charge >= 0.3 is 0 Å². The summed E-state index contributed by atoms with van der Waals surface area (Å²) in [5.74, 6) is 0. The van der Waals surface area contributed by atoms with E-state index < -0.39 is 6.23 Å². The van der Waals surface area contributed by atoms with E-state index in [4.69, 9.17) is 5.26 Å². The topological polar surface area (TPSA) is 62.4 Å². The van der Waals surface area contributed by atoms with Gasteiger partial charge in [-0.1, -0.05) is 30.3 Å². The van der Waals surface area contributed by atoms with Gasteiger partial charge in [-0.25, -0.2) is 4.79 Å². The fourth-order valence-electron chi connectivity index (χ4n) is 0.884. The lowest BCUT2D eigenvalue weighted by Gasteiger charge is -2.05. The number of aliphatic imine (C=N–C) groups is 1. The van der Waals surface area contributed by atoms with Gasteiger partial charge in [0.25, 0.3) is 6.26 Å². The number of nitrogens with zero attached hydrogens (tertiary/aromatic N) is 2. The fraction of sp³-hybridized carbons (Fsp3) is 0.111. The zero-order chi connectivity index (χ0) is 9.52. The molecule has 0 saturated heterocycles. The van der Waals surface area contributed by atoms with Crippen LogP contribution in [-0.4, -0.2) is 6.08 Å². The van der Waals surface area contributed by atoms with Gasteiger partial charge in [0, 0.05) is 5.56 Å². The van der Waals surface area contributed by atoms with Crippen LogP contribution in [0.1, 0.15) is 11.8 Å². The van der Waals surface area contributed by atoms with Crippen molar-refractivity contribution in [3.8, 4) is 6.26 Å². The van der Waals surface area contributed by atoms with Crippen LogP contribution in [0.2, 0.25) is 0 Å². The molecule has 64 valence electrons. The molecule has 0 heterocycles. The van der Waals surface area contributed by atoms with E-state index in [1.165, 1.54) is 12.3 Å². The SMILES string of the molecule is N#COC(N=C=O)c1ccccc1. The van der Waals surface area contributed by atoms with Crippen molar-refractivity contribution in [1.82, 2.24) is 0 Å². The molecular weight excluding hydrogens is 168 g/mol. The largest absolute Gasteiger partial charge is 0.394 e. The number of nitriles is 1. The molecule has 0 saturated carbocycles. The molecule has 1 aromatic rings. The first-order valence-corrected chi connectivity index (χ1v) is 3.55. The first-order valence-electron chi connectivity index (χ1n) is 3.55. The zero-order valence-electron chi connectivity index (χ0n) is 6.68. The van der Waals surface area contributed by atoms with E-state index in [9.17, 15) is 4.79 Å². The van der Waals surface area contributed by atoms with Crippen molar-refractivity contribution in [1.29, 1.82) is 5.26 Å². The van der Waals surface area contributed by atoms with Crippen LogP contribution in [0.3, 0.4) is 0 Å². The smallest absolute Gasteiger partial charge is 0.288 e. The third-order valence-corrected chi connectivity index (χ3v) is 1.42. The number of carbonyl (C=O) groups excluding carboxylic acids is 1. The summed E-state index contributed by atoms with van der Waals surface area (Å²) in [7, 11) is 0. The highest BCUT2D eigenvalue weighted by molar-refractivity contribution is 5.34. The van der Waals surface area contributed by atoms with Gasteiger partial charge in [-0.2, -0.15) is 10.3 Å². The number of hydrogen-bond donors (Lipinski definition) is 0. The van der Waals surface area contributed by atoms with Gasteiger partial charge < -0.3 is 4.74 Å². The summed E-state index contributed by atoms with van der Waals surface area (Å²) >= 11 is 0. The molecule has 1 unspecified atom stereocenters. The molecular formula is C9H6N2O2. The lowest BCUT2D eigenvalue weighted by atomic mass is 10.2. The van der Waals surface area contributed by atoms with Gasteiger partial charge in [0.2, 0.25) is 12.3 Å². The summed E-state index contributed by atoms with van der Waals surface area (Å²) in [4.78, 5) is 13.3. The van der Waals surface area contributed by atoms with Crippen LogP contribution in [0, 0.1) is 11.5 Å². The minimum absolute atomic E-state index is 0.646. The van der Waals surface area contributed by atoms with E-state index in [-0.39, 0.29) is 0 Å². The van der Waals surface area contributed by atoms with Crippen LogP contribution >= 0.6 is 0 Å². The Balaban J connectivity index is 2.89. The molecule has 1 aromatic carbocycles.